The average molecular weight is 256 g/mol. The molecule has 0 amide bonds. The lowest BCUT2D eigenvalue weighted by atomic mass is 10.3. The van der Waals surface area contributed by atoms with Crippen LogP contribution in [0.1, 0.15) is 16.3 Å². The topological polar surface area (TPSA) is 63.8 Å². The number of nitrogens with zero attached hydrogens (tertiary/aromatic N) is 4. The van der Waals surface area contributed by atoms with E-state index in [9.17, 15) is 5.11 Å². The lowest BCUT2D eigenvalue weighted by Gasteiger charge is -2.00. The molecule has 2 aromatic rings. The second-order valence-electron chi connectivity index (χ2n) is 3.34. The fraction of sp³-hybridized carbons (Fsp3) is 0.444. The van der Waals surface area contributed by atoms with Crippen molar-refractivity contribution < 1.29 is 5.11 Å². The Morgan fingerprint density at radius 2 is 2.12 bits per heavy atom. The van der Waals surface area contributed by atoms with Crippen LogP contribution in [-0.4, -0.2) is 25.1 Å². The van der Waals surface area contributed by atoms with E-state index in [4.69, 9.17) is 0 Å². The molecule has 2 heterocycles. The fourth-order valence-corrected chi connectivity index (χ4v) is 3.33. The molecule has 0 spiro atoms. The maximum absolute atomic E-state index is 9.30. The number of hydrogen-bond acceptors (Lipinski definition) is 6. The van der Waals surface area contributed by atoms with Crippen molar-refractivity contribution in [2.45, 2.75) is 29.8 Å². The standard InChI is InChI=1S/C9H12N4OS2/c1-5-7(4-14)8(13(3)12-5)16-9-11-10-6(2)15-9/h14H,4H2,1-3H3. The van der Waals surface area contributed by atoms with E-state index in [1.54, 1.807) is 4.68 Å². The summed E-state index contributed by atoms with van der Waals surface area (Å²) in [4.78, 5) is 0. The van der Waals surface area contributed by atoms with Crippen LogP contribution in [0.2, 0.25) is 0 Å². The summed E-state index contributed by atoms with van der Waals surface area (Å²) in [5, 5.41) is 23.4. The molecule has 0 atom stereocenters. The first-order chi connectivity index (χ1) is 7.61. The summed E-state index contributed by atoms with van der Waals surface area (Å²) >= 11 is 3.03. The Labute approximate surface area is 102 Å². The van der Waals surface area contributed by atoms with Crippen LogP contribution < -0.4 is 0 Å². The summed E-state index contributed by atoms with van der Waals surface area (Å²) in [6.45, 7) is 3.81. The Morgan fingerprint density at radius 1 is 1.38 bits per heavy atom. The van der Waals surface area contributed by atoms with E-state index in [0.29, 0.717) is 0 Å². The van der Waals surface area contributed by atoms with Gasteiger partial charge in [-0.2, -0.15) is 5.10 Å². The van der Waals surface area contributed by atoms with Gasteiger partial charge in [0.2, 0.25) is 0 Å². The van der Waals surface area contributed by atoms with Crippen molar-refractivity contribution in [3.63, 3.8) is 0 Å². The van der Waals surface area contributed by atoms with Gasteiger partial charge in [-0.25, -0.2) is 0 Å². The van der Waals surface area contributed by atoms with E-state index >= 15 is 0 Å². The molecule has 0 unspecified atom stereocenters. The zero-order chi connectivity index (χ0) is 11.7. The van der Waals surface area contributed by atoms with Gasteiger partial charge in [-0.3, -0.25) is 4.68 Å². The summed E-state index contributed by atoms with van der Waals surface area (Å²) < 4.78 is 2.64. The molecule has 0 aliphatic rings. The van der Waals surface area contributed by atoms with Crippen LogP contribution in [0.5, 0.6) is 0 Å². The summed E-state index contributed by atoms with van der Waals surface area (Å²) in [5.74, 6) is 0. The number of rotatable bonds is 3. The van der Waals surface area contributed by atoms with Gasteiger partial charge in [0.05, 0.1) is 12.3 Å². The van der Waals surface area contributed by atoms with E-state index in [1.165, 1.54) is 23.1 Å². The van der Waals surface area contributed by atoms with Crippen LogP contribution in [0.25, 0.3) is 0 Å². The summed E-state index contributed by atoms with van der Waals surface area (Å²) in [6.07, 6.45) is 0. The molecule has 7 heteroatoms. The third kappa shape index (κ3) is 2.11. The zero-order valence-electron chi connectivity index (χ0n) is 9.26. The minimum atomic E-state index is -0.000206. The maximum atomic E-state index is 9.30. The summed E-state index contributed by atoms with van der Waals surface area (Å²) in [6, 6.07) is 0. The lowest BCUT2D eigenvalue weighted by molar-refractivity contribution is 0.277. The highest BCUT2D eigenvalue weighted by Gasteiger charge is 2.15. The van der Waals surface area contributed by atoms with Gasteiger partial charge in [-0.15, -0.1) is 10.2 Å². The smallest absolute Gasteiger partial charge is 0.180 e. The summed E-state index contributed by atoms with van der Waals surface area (Å²) in [5.41, 5.74) is 1.72. The molecular formula is C9H12N4OS2. The molecule has 0 radical (unpaired) electrons. The fourth-order valence-electron chi connectivity index (χ4n) is 1.39. The molecular weight excluding hydrogens is 244 g/mol. The molecule has 0 aromatic carbocycles. The van der Waals surface area contributed by atoms with Crippen molar-refractivity contribution in [2.24, 2.45) is 7.05 Å². The predicted octanol–water partition coefficient (Wildman–Crippen LogP) is 1.53. The Kier molecular flexibility index (Phi) is 3.27. The second-order valence-corrected chi connectivity index (χ2v) is 5.76. The highest BCUT2D eigenvalue weighted by molar-refractivity contribution is 8.01. The normalized spacial score (nSPS) is 11.0. The van der Waals surface area contributed by atoms with Crippen LogP contribution >= 0.6 is 23.1 Å². The van der Waals surface area contributed by atoms with Gasteiger partial charge < -0.3 is 5.11 Å². The van der Waals surface area contributed by atoms with Crippen LogP contribution in [-0.2, 0) is 13.7 Å². The Morgan fingerprint density at radius 3 is 2.69 bits per heavy atom. The predicted molar refractivity (Wildman–Crippen MR) is 62.6 cm³/mol. The van der Waals surface area contributed by atoms with Gasteiger partial charge in [0, 0.05) is 12.6 Å². The van der Waals surface area contributed by atoms with Crippen LogP contribution in [0.3, 0.4) is 0 Å². The lowest BCUT2D eigenvalue weighted by Crippen LogP contribution is -1.93. The number of aromatic nitrogens is 4. The molecule has 2 aromatic heterocycles. The van der Waals surface area contributed by atoms with Crippen molar-refractivity contribution in [1.82, 2.24) is 20.0 Å². The van der Waals surface area contributed by atoms with Gasteiger partial charge in [0.1, 0.15) is 10.0 Å². The van der Waals surface area contributed by atoms with E-state index < -0.39 is 0 Å². The van der Waals surface area contributed by atoms with Gasteiger partial charge in [-0.1, -0.05) is 11.3 Å². The number of aliphatic hydroxyl groups excluding tert-OH is 1. The van der Waals surface area contributed by atoms with Crippen molar-refractivity contribution in [3.8, 4) is 0 Å². The zero-order valence-corrected chi connectivity index (χ0v) is 10.9. The van der Waals surface area contributed by atoms with E-state index in [2.05, 4.69) is 15.3 Å². The molecule has 0 aliphatic carbocycles. The molecule has 5 nitrogen and oxygen atoms in total. The first-order valence-electron chi connectivity index (χ1n) is 4.73. The quantitative estimate of drug-likeness (QED) is 0.902. The average Bonchev–Trinajstić information content (AvgIpc) is 2.73. The minimum Gasteiger partial charge on any atom is -0.392 e. The van der Waals surface area contributed by atoms with Crippen molar-refractivity contribution >= 4 is 23.1 Å². The number of aryl methyl sites for hydroxylation is 3. The Bertz CT molecular complexity index is 506. The molecule has 1 N–H and O–H groups in total. The van der Waals surface area contributed by atoms with E-state index in [1.807, 2.05) is 20.9 Å². The number of aliphatic hydroxyl groups is 1. The van der Waals surface area contributed by atoms with Gasteiger partial charge in [0.15, 0.2) is 4.34 Å². The van der Waals surface area contributed by atoms with Crippen LogP contribution in [0, 0.1) is 13.8 Å². The van der Waals surface area contributed by atoms with Gasteiger partial charge in [0.25, 0.3) is 0 Å². The Hall–Kier alpha value is -0.920. The summed E-state index contributed by atoms with van der Waals surface area (Å²) in [7, 11) is 1.86. The highest BCUT2D eigenvalue weighted by atomic mass is 32.2. The third-order valence-corrected chi connectivity index (χ3v) is 4.23. The molecule has 2 rings (SSSR count). The molecule has 16 heavy (non-hydrogen) atoms. The maximum Gasteiger partial charge on any atom is 0.180 e. The van der Waals surface area contributed by atoms with Crippen LogP contribution in [0.15, 0.2) is 9.37 Å². The van der Waals surface area contributed by atoms with Gasteiger partial charge in [-0.05, 0) is 25.6 Å². The second kappa shape index (κ2) is 4.52. The third-order valence-electron chi connectivity index (χ3n) is 2.14. The monoisotopic (exact) mass is 256 g/mol. The largest absolute Gasteiger partial charge is 0.392 e. The minimum absolute atomic E-state index is 0.000206. The molecule has 0 saturated heterocycles. The molecule has 0 saturated carbocycles. The first kappa shape index (κ1) is 11.6. The first-order valence-corrected chi connectivity index (χ1v) is 6.36. The molecule has 0 fully saturated rings. The molecule has 86 valence electrons. The molecule has 0 bridgehead atoms. The number of hydrogen-bond donors (Lipinski definition) is 1. The molecule has 0 aliphatic heterocycles. The van der Waals surface area contributed by atoms with E-state index in [0.717, 1.165) is 25.6 Å². The van der Waals surface area contributed by atoms with Crippen molar-refractivity contribution in [3.05, 3.63) is 16.3 Å². The van der Waals surface area contributed by atoms with Crippen LogP contribution in [0.4, 0.5) is 0 Å². The SMILES string of the molecule is Cc1nnc(Sc2c(CO)c(C)nn2C)s1. The highest BCUT2D eigenvalue weighted by Crippen LogP contribution is 2.33. The van der Waals surface area contributed by atoms with Crippen molar-refractivity contribution in [1.29, 1.82) is 0 Å². The van der Waals surface area contributed by atoms with Crippen molar-refractivity contribution in [2.75, 3.05) is 0 Å². The van der Waals surface area contributed by atoms with Gasteiger partial charge >= 0.3 is 0 Å². The Balaban J connectivity index is 2.33. The van der Waals surface area contributed by atoms with E-state index in [-0.39, 0.29) is 6.61 Å².